The molecule has 2 aromatic carbocycles. The molecule has 1 aromatic heterocycles. The Bertz CT molecular complexity index is 864. The van der Waals surface area contributed by atoms with Crippen LogP contribution >= 0.6 is 0 Å². The number of hydrogen-bond acceptors (Lipinski definition) is 3. The number of nitrogens with one attached hydrogen (secondary N) is 1. The van der Waals surface area contributed by atoms with Crippen LogP contribution in [-0.2, 0) is 16.1 Å². The van der Waals surface area contributed by atoms with Crippen LogP contribution in [0.2, 0.25) is 0 Å². The van der Waals surface area contributed by atoms with Crippen molar-refractivity contribution in [2.45, 2.75) is 19.4 Å². The highest BCUT2D eigenvalue weighted by atomic mass is 16.5. The number of aromatic nitrogens is 2. The molecule has 25 heavy (non-hydrogen) atoms. The van der Waals surface area contributed by atoms with Gasteiger partial charge in [0.1, 0.15) is 6.33 Å². The van der Waals surface area contributed by atoms with Gasteiger partial charge in [0.15, 0.2) is 0 Å². The molecule has 5 nitrogen and oxygen atoms in total. The van der Waals surface area contributed by atoms with E-state index in [2.05, 4.69) is 33.1 Å². The highest BCUT2D eigenvalue weighted by Gasteiger charge is 2.20. The molecule has 1 aliphatic rings. The van der Waals surface area contributed by atoms with Crippen molar-refractivity contribution in [3.8, 4) is 5.69 Å². The first-order valence-corrected chi connectivity index (χ1v) is 8.68. The molecule has 1 amide bonds. The smallest absolute Gasteiger partial charge is 0.223 e. The number of fused-ring (bicyclic) bond motifs is 1. The van der Waals surface area contributed by atoms with Gasteiger partial charge in [-0.3, -0.25) is 9.36 Å². The minimum atomic E-state index is 0.0883. The Hall–Kier alpha value is -2.66. The highest BCUT2D eigenvalue weighted by Crippen LogP contribution is 2.19. The van der Waals surface area contributed by atoms with Crippen LogP contribution in [0.4, 0.5) is 0 Å². The van der Waals surface area contributed by atoms with Gasteiger partial charge in [-0.05, 0) is 42.7 Å². The molecule has 1 saturated heterocycles. The minimum absolute atomic E-state index is 0.0883. The maximum Gasteiger partial charge on any atom is 0.223 e. The van der Waals surface area contributed by atoms with Crippen molar-refractivity contribution in [3.63, 3.8) is 0 Å². The number of carbonyl (C=O) groups excluding carboxylic acids is 1. The van der Waals surface area contributed by atoms with E-state index in [4.69, 9.17) is 4.74 Å². The van der Waals surface area contributed by atoms with Crippen LogP contribution in [0.5, 0.6) is 0 Å². The van der Waals surface area contributed by atoms with Crippen molar-refractivity contribution in [2.75, 3.05) is 13.2 Å². The van der Waals surface area contributed by atoms with Gasteiger partial charge in [0.25, 0.3) is 0 Å². The Morgan fingerprint density at radius 1 is 1.12 bits per heavy atom. The lowest BCUT2D eigenvalue weighted by Gasteiger charge is -2.21. The number of hydrogen-bond donors (Lipinski definition) is 1. The number of amides is 1. The number of imidazole rings is 1. The van der Waals surface area contributed by atoms with E-state index in [-0.39, 0.29) is 11.8 Å². The lowest BCUT2D eigenvalue weighted by atomic mass is 9.99. The van der Waals surface area contributed by atoms with E-state index in [0.29, 0.717) is 19.8 Å². The summed E-state index contributed by atoms with van der Waals surface area (Å²) in [5.74, 6) is 0.221. The van der Waals surface area contributed by atoms with Crippen molar-refractivity contribution in [3.05, 3.63) is 60.4 Å². The van der Waals surface area contributed by atoms with Crippen LogP contribution in [0.25, 0.3) is 16.7 Å². The monoisotopic (exact) mass is 335 g/mol. The molecule has 5 heteroatoms. The average Bonchev–Trinajstić information content (AvgIpc) is 3.11. The van der Waals surface area contributed by atoms with E-state index in [1.807, 2.05) is 36.7 Å². The first-order chi connectivity index (χ1) is 12.3. The second kappa shape index (κ2) is 7.07. The van der Waals surface area contributed by atoms with E-state index < -0.39 is 0 Å². The molecule has 3 aromatic rings. The molecular weight excluding hydrogens is 314 g/mol. The first kappa shape index (κ1) is 15.8. The third-order valence-corrected chi connectivity index (χ3v) is 4.73. The average molecular weight is 335 g/mol. The van der Waals surface area contributed by atoms with Gasteiger partial charge in [-0.25, -0.2) is 4.98 Å². The van der Waals surface area contributed by atoms with Crippen molar-refractivity contribution in [2.24, 2.45) is 5.92 Å². The molecule has 0 bridgehead atoms. The lowest BCUT2D eigenvalue weighted by molar-refractivity contribution is -0.128. The summed E-state index contributed by atoms with van der Waals surface area (Å²) in [6, 6.07) is 16.3. The Labute approximate surface area is 146 Å². The van der Waals surface area contributed by atoms with Gasteiger partial charge in [0.2, 0.25) is 5.91 Å². The molecule has 0 radical (unpaired) electrons. The maximum atomic E-state index is 12.2. The molecule has 1 aliphatic heterocycles. The number of carbonyl (C=O) groups is 1. The Morgan fingerprint density at radius 2 is 1.88 bits per heavy atom. The van der Waals surface area contributed by atoms with E-state index in [0.717, 1.165) is 35.1 Å². The normalized spacial score (nSPS) is 15.4. The minimum Gasteiger partial charge on any atom is -0.381 e. The van der Waals surface area contributed by atoms with E-state index >= 15 is 0 Å². The zero-order valence-electron chi connectivity index (χ0n) is 14.0. The van der Waals surface area contributed by atoms with Gasteiger partial charge < -0.3 is 10.1 Å². The van der Waals surface area contributed by atoms with Gasteiger partial charge in [0, 0.05) is 31.4 Å². The standard InChI is InChI=1S/C20H21N3O2/c24-20(16-9-11-25-12-10-16)21-13-15-5-7-17(8-6-15)23-14-22-18-3-1-2-4-19(18)23/h1-8,14,16H,9-13H2,(H,21,24). The fraction of sp³-hybridized carbons (Fsp3) is 0.300. The number of benzene rings is 2. The van der Waals surface area contributed by atoms with Crippen LogP contribution in [0.3, 0.4) is 0 Å². The number of ether oxygens (including phenoxy) is 1. The molecule has 4 rings (SSSR count). The van der Waals surface area contributed by atoms with Crippen molar-refractivity contribution in [1.82, 2.24) is 14.9 Å². The van der Waals surface area contributed by atoms with Crippen LogP contribution in [-0.4, -0.2) is 28.7 Å². The lowest BCUT2D eigenvalue weighted by Crippen LogP contribution is -2.33. The molecule has 128 valence electrons. The van der Waals surface area contributed by atoms with Crippen LogP contribution in [0.15, 0.2) is 54.9 Å². The summed E-state index contributed by atoms with van der Waals surface area (Å²) in [5, 5.41) is 3.04. The van der Waals surface area contributed by atoms with Crippen molar-refractivity contribution >= 4 is 16.9 Å². The summed E-state index contributed by atoms with van der Waals surface area (Å²) in [7, 11) is 0. The van der Waals surface area contributed by atoms with Crippen molar-refractivity contribution in [1.29, 1.82) is 0 Å². The summed E-state index contributed by atoms with van der Waals surface area (Å²) >= 11 is 0. The quantitative estimate of drug-likeness (QED) is 0.797. The van der Waals surface area contributed by atoms with Crippen LogP contribution in [0.1, 0.15) is 18.4 Å². The second-order valence-corrected chi connectivity index (χ2v) is 6.37. The zero-order chi connectivity index (χ0) is 17.1. The third kappa shape index (κ3) is 3.42. The zero-order valence-corrected chi connectivity index (χ0v) is 14.0. The van der Waals surface area contributed by atoms with Crippen molar-refractivity contribution < 1.29 is 9.53 Å². The van der Waals surface area contributed by atoms with E-state index in [1.165, 1.54) is 0 Å². The van der Waals surface area contributed by atoms with Gasteiger partial charge in [-0.1, -0.05) is 24.3 Å². The molecule has 0 aliphatic carbocycles. The molecule has 0 atom stereocenters. The highest BCUT2D eigenvalue weighted by molar-refractivity contribution is 5.79. The molecule has 1 fully saturated rings. The van der Waals surface area contributed by atoms with Gasteiger partial charge in [0.05, 0.1) is 11.0 Å². The molecule has 0 unspecified atom stereocenters. The summed E-state index contributed by atoms with van der Waals surface area (Å²) < 4.78 is 7.37. The topological polar surface area (TPSA) is 56.2 Å². The molecule has 0 spiro atoms. The Balaban J connectivity index is 1.42. The summed E-state index contributed by atoms with van der Waals surface area (Å²) in [5.41, 5.74) is 4.22. The van der Waals surface area contributed by atoms with Crippen LogP contribution in [0, 0.1) is 5.92 Å². The summed E-state index contributed by atoms with van der Waals surface area (Å²) in [6.07, 6.45) is 3.48. The summed E-state index contributed by atoms with van der Waals surface area (Å²) in [6.45, 7) is 1.93. The van der Waals surface area contributed by atoms with Gasteiger partial charge in [-0.2, -0.15) is 0 Å². The van der Waals surface area contributed by atoms with E-state index in [9.17, 15) is 4.79 Å². The fourth-order valence-electron chi connectivity index (χ4n) is 3.23. The molecule has 0 saturated carbocycles. The predicted octanol–water partition coefficient (Wildman–Crippen LogP) is 3.07. The summed E-state index contributed by atoms with van der Waals surface area (Å²) in [4.78, 5) is 16.6. The number of para-hydroxylation sites is 2. The second-order valence-electron chi connectivity index (χ2n) is 6.37. The fourth-order valence-corrected chi connectivity index (χ4v) is 3.23. The number of rotatable bonds is 4. The molecule has 1 N–H and O–H groups in total. The largest absolute Gasteiger partial charge is 0.381 e. The first-order valence-electron chi connectivity index (χ1n) is 8.68. The van der Waals surface area contributed by atoms with Gasteiger partial charge in [-0.15, -0.1) is 0 Å². The Kier molecular flexibility index (Phi) is 4.48. The third-order valence-electron chi connectivity index (χ3n) is 4.73. The van der Waals surface area contributed by atoms with E-state index in [1.54, 1.807) is 0 Å². The Morgan fingerprint density at radius 3 is 2.68 bits per heavy atom. The molecule has 2 heterocycles. The SMILES string of the molecule is O=C(NCc1ccc(-n2cnc3ccccc32)cc1)C1CCOCC1. The van der Waals surface area contributed by atoms with Gasteiger partial charge >= 0.3 is 0 Å². The maximum absolute atomic E-state index is 12.2. The predicted molar refractivity (Wildman–Crippen MR) is 96.5 cm³/mol. The molecular formula is C20H21N3O2. The van der Waals surface area contributed by atoms with Crippen LogP contribution < -0.4 is 5.32 Å². The number of nitrogens with zero attached hydrogens (tertiary/aromatic N) is 2.